The maximum absolute atomic E-state index is 13.6. The highest BCUT2D eigenvalue weighted by molar-refractivity contribution is 5.81. The average Bonchev–Trinajstić information content (AvgIpc) is 2.61. The predicted octanol–water partition coefficient (Wildman–Crippen LogP) is 2.87. The number of benzene rings is 1. The lowest BCUT2D eigenvalue weighted by atomic mass is 10.0. The molecule has 0 bridgehead atoms. The minimum Gasteiger partial charge on any atom is -0.464 e. The van der Waals surface area contributed by atoms with E-state index in [1.165, 1.54) is 0 Å². The molecule has 0 aliphatic heterocycles. The van der Waals surface area contributed by atoms with Crippen LogP contribution in [0.3, 0.4) is 0 Å². The first kappa shape index (κ1) is 10.1. The van der Waals surface area contributed by atoms with E-state index in [-0.39, 0.29) is 18.5 Å². The van der Waals surface area contributed by atoms with Crippen molar-refractivity contribution in [1.29, 1.82) is 0 Å². The van der Waals surface area contributed by atoms with E-state index in [2.05, 4.69) is 0 Å². The second-order valence-corrected chi connectivity index (χ2v) is 3.39. The Morgan fingerprint density at radius 3 is 2.73 bits per heavy atom. The Bertz CT molecular complexity index is 464. The zero-order chi connectivity index (χ0) is 10.9. The number of nitrogens with two attached hydrogens (primary N) is 1. The van der Waals surface area contributed by atoms with Crippen molar-refractivity contribution < 1.29 is 13.2 Å². The monoisotopic (exact) mass is 211 g/mol. The van der Waals surface area contributed by atoms with Gasteiger partial charge in [-0.25, -0.2) is 8.78 Å². The summed E-state index contributed by atoms with van der Waals surface area (Å²) >= 11 is 0. The molecule has 0 aliphatic rings. The molecule has 0 saturated carbocycles. The minimum absolute atomic E-state index is 0.0491. The Kier molecular flexibility index (Phi) is 2.44. The molecule has 0 unspecified atom stereocenters. The van der Waals surface area contributed by atoms with Gasteiger partial charge in [-0.05, 0) is 12.6 Å². The fourth-order valence-electron chi connectivity index (χ4n) is 1.58. The summed E-state index contributed by atoms with van der Waals surface area (Å²) in [5.41, 5.74) is 5.55. The van der Waals surface area contributed by atoms with E-state index in [1.54, 1.807) is 24.3 Å². The Morgan fingerprint density at radius 2 is 2.00 bits per heavy atom. The van der Waals surface area contributed by atoms with Crippen molar-refractivity contribution in [1.82, 2.24) is 0 Å². The minimum atomic E-state index is -2.92. The maximum Gasteiger partial charge on any atom is 0.278 e. The van der Waals surface area contributed by atoms with Gasteiger partial charge in [0.25, 0.3) is 5.92 Å². The normalized spacial score (nSPS) is 12.2. The fraction of sp³-hybridized carbons (Fsp3) is 0.273. The third-order valence-corrected chi connectivity index (χ3v) is 2.33. The number of hydrogen-bond acceptors (Lipinski definition) is 2. The lowest BCUT2D eigenvalue weighted by Gasteiger charge is -2.13. The Labute approximate surface area is 85.7 Å². The van der Waals surface area contributed by atoms with Gasteiger partial charge in [-0.3, -0.25) is 0 Å². The van der Waals surface area contributed by atoms with Crippen LogP contribution in [0, 0.1) is 0 Å². The van der Waals surface area contributed by atoms with Crippen molar-refractivity contribution in [2.75, 3.05) is 6.54 Å². The van der Waals surface area contributed by atoms with E-state index in [9.17, 15) is 8.78 Å². The first-order chi connectivity index (χ1) is 7.15. The molecule has 0 amide bonds. The fourth-order valence-corrected chi connectivity index (χ4v) is 1.58. The molecule has 2 N–H and O–H groups in total. The number of alkyl halides is 2. The second-order valence-electron chi connectivity index (χ2n) is 3.39. The van der Waals surface area contributed by atoms with Crippen LogP contribution in [-0.4, -0.2) is 6.54 Å². The van der Waals surface area contributed by atoms with Crippen molar-refractivity contribution in [3.63, 3.8) is 0 Å². The van der Waals surface area contributed by atoms with Crippen LogP contribution >= 0.6 is 0 Å². The van der Waals surface area contributed by atoms with Crippen LogP contribution in [0.5, 0.6) is 0 Å². The maximum atomic E-state index is 13.6. The van der Waals surface area contributed by atoms with Gasteiger partial charge in [0.2, 0.25) is 0 Å². The van der Waals surface area contributed by atoms with Crippen molar-refractivity contribution in [2.45, 2.75) is 12.3 Å². The van der Waals surface area contributed by atoms with E-state index in [0.29, 0.717) is 11.0 Å². The third kappa shape index (κ3) is 1.72. The Morgan fingerprint density at radius 1 is 1.27 bits per heavy atom. The molecule has 0 radical (unpaired) electrons. The molecule has 1 aromatic carbocycles. The number of fused-ring (bicyclic) bond motifs is 1. The van der Waals surface area contributed by atoms with Gasteiger partial charge in [0.15, 0.2) is 0 Å². The van der Waals surface area contributed by atoms with Crippen LogP contribution in [0.4, 0.5) is 8.78 Å². The largest absolute Gasteiger partial charge is 0.464 e. The smallest absolute Gasteiger partial charge is 0.278 e. The molecule has 0 spiro atoms. The molecule has 0 atom stereocenters. The molecule has 2 aromatic rings. The van der Waals surface area contributed by atoms with Gasteiger partial charge in [0, 0.05) is 11.8 Å². The summed E-state index contributed by atoms with van der Waals surface area (Å²) in [6.45, 7) is -0.0491. The SMILES string of the molecule is NCCC(F)(F)c1coc2ccccc12. The summed E-state index contributed by atoms with van der Waals surface area (Å²) in [6.07, 6.45) is 0.747. The topological polar surface area (TPSA) is 39.2 Å². The summed E-state index contributed by atoms with van der Waals surface area (Å²) in [6, 6.07) is 6.74. The first-order valence-corrected chi connectivity index (χ1v) is 4.70. The third-order valence-electron chi connectivity index (χ3n) is 2.33. The molecule has 15 heavy (non-hydrogen) atoms. The average molecular weight is 211 g/mol. The van der Waals surface area contributed by atoms with E-state index in [1.807, 2.05) is 0 Å². The summed E-state index contributed by atoms with van der Waals surface area (Å²) in [4.78, 5) is 0. The number of para-hydroxylation sites is 1. The molecule has 80 valence electrons. The van der Waals surface area contributed by atoms with Crippen molar-refractivity contribution in [2.24, 2.45) is 5.73 Å². The summed E-state index contributed by atoms with van der Waals surface area (Å²) in [5.74, 6) is -2.92. The molecule has 0 aliphatic carbocycles. The number of furan rings is 1. The number of halogens is 2. The van der Waals surface area contributed by atoms with Crippen LogP contribution in [0.15, 0.2) is 34.9 Å². The van der Waals surface area contributed by atoms with Gasteiger partial charge in [-0.2, -0.15) is 0 Å². The lowest BCUT2D eigenvalue weighted by molar-refractivity contribution is -0.00987. The second kappa shape index (κ2) is 3.62. The van der Waals surface area contributed by atoms with Crippen LogP contribution in [0.25, 0.3) is 11.0 Å². The van der Waals surface area contributed by atoms with Gasteiger partial charge < -0.3 is 10.2 Å². The zero-order valence-corrected chi connectivity index (χ0v) is 8.04. The van der Waals surface area contributed by atoms with E-state index < -0.39 is 5.92 Å². The summed E-state index contributed by atoms with van der Waals surface area (Å²) < 4.78 is 32.2. The van der Waals surface area contributed by atoms with Crippen LogP contribution in [0.2, 0.25) is 0 Å². The van der Waals surface area contributed by atoms with Gasteiger partial charge >= 0.3 is 0 Å². The Balaban J connectivity index is 2.52. The van der Waals surface area contributed by atoms with E-state index >= 15 is 0 Å². The first-order valence-electron chi connectivity index (χ1n) is 4.70. The molecule has 2 rings (SSSR count). The summed E-state index contributed by atoms with van der Waals surface area (Å²) in [7, 11) is 0. The van der Waals surface area contributed by atoms with Crippen molar-refractivity contribution >= 4 is 11.0 Å². The van der Waals surface area contributed by atoms with Crippen LogP contribution in [-0.2, 0) is 5.92 Å². The zero-order valence-electron chi connectivity index (χ0n) is 8.04. The molecular weight excluding hydrogens is 200 g/mol. The standard InChI is InChI=1S/C11H11F2NO/c12-11(13,5-6-14)9-7-15-10-4-2-1-3-8(9)10/h1-4,7H,5-6,14H2. The quantitative estimate of drug-likeness (QED) is 0.847. The highest BCUT2D eigenvalue weighted by Crippen LogP contribution is 2.36. The van der Waals surface area contributed by atoms with Crippen molar-refractivity contribution in [3.05, 3.63) is 36.1 Å². The van der Waals surface area contributed by atoms with Gasteiger partial charge in [0.1, 0.15) is 11.8 Å². The highest BCUT2D eigenvalue weighted by Gasteiger charge is 2.33. The molecule has 1 heterocycles. The molecule has 2 nitrogen and oxygen atoms in total. The van der Waals surface area contributed by atoms with E-state index in [4.69, 9.17) is 10.2 Å². The van der Waals surface area contributed by atoms with E-state index in [0.717, 1.165) is 6.26 Å². The molecule has 0 saturated heterocycles. The van der Waals surface area contributed by atoms with Gasteiger partial charge in [-0.15, -0.1) is 0 Å². The number of rotatable bonds is 3. The molecule has 1 aromatic heterocycles. The molecule has 0 fully saturated rings. The highest BCUT2D eigenvalue weighted by atomic mass is 19.3. The van der Waals surface area contributed by atoms with Crippen molar-refractivity contribution in [3.8, 4) is 0 Å². The van der Waals surface area contributed by atoms with Crippen LogP contribution in [0.1, 0.15) is 12.0 Å². The van der Waals surface area contributed by atoms with Gasteiger partial charge in [0.05, 0.1) is 5.56 Å². The molecule has 4 heteroatoms. The summed E-state index contributed by atoms with van der Waals surface area (Å²) in [5, 5.41) is 0.455. The predicted molar refractivity (Wildman–Crippen MR) is 53.8 cm³/mol. The molecular formula is C11H11F2NO. The Hall–Kier alpha value is -1.42. The number of hydrogen-bond donors (Lipinski definition) is 1. The van der Waals surface area contributed by atoms with Gasteiger partial charge in [-0.1, -0.05) is 18.2 Å². The van der Waals surface area contributed by atoms with Crippen LogP contribution < -0.4 is 5.73 Å². The lowest BCUT2D eigenvalue weighted by Crippen LogP contribution is -2.18.